The molecule has 33 heavy (non-hydrogen) atoms. The van der Waals surface area contributed by atoms with Gasteiger partial charge in [-0.15, -0.1) is 0 Å². The van der Waals surface area contributed by atoms with Crippen molar-refractivity contribution < 1.29 is 14.3 Å². The highest BCUT2D eigenvalue weighted by atomic mass is 16.5. The van der Waals surface area contributed by atoms with Crippen molar-refractivity contribution >= 4 is 17.0 Å². The van der Waals surface area contributed by atoms with Crippen LogP contribution in [0.2, 0.25) is 0 Å². The average molecular weight is 453 g/mol. The number of aromatic nitrogens is 4. The first-order valence-electron chi connectivity index (χ1n) is 11.8. The van der Waals surface area contributed by atoms with Crippen LogP contribution < -0.4 is 10.3 Å². The number of H-pyrrole nitrogens is 1. The Morgan fingerprint density at radius 2 is 2.00 bits per heavy atom. The van der Waals surface area contributed by atoms with E-state index in [-0.39, 0.29) is 17.4 Å². The molecule has 2 heterocycles. The molecule has 0 atom stereocenters. The lowest BCUT2D eigenvalue weighted by atomic mass is 9.72. The number of hydrogen-bond donors (Lipinski definition) is 1. The minimum atomic E-state index is -0.212. The quantitative estimate of drug-likeness (QED) is 0.496. The fourth-order valence-corrected chi connectivity index (χ4v) is 4.64. The van der Waals surface area contributed by atoms with Gasteiger partial charge in [0.2, 0.25) is 0 Å². The van der Waals surface area contributed by atoms with Gasteiger partial charge in [0.15, 0.2) is 5.52 Å². The van der Waals surface area contributed by atoms with Crippen molar-refractivity contribution in [1.82, 2.24) is 19.7 Å². The number of carbonyl (C=O) groups is 1. The Balaban J connectivity index is 1.65. The molecular formula is C25H32N4O4. The highest BCUT2D eigenvalue weighted by Crippen LogP contribution is 2.38. The van der Waals surface area contributed by atoms with E-state index in [0.717, 1.165) is 48.9 Å². The monoisotopic (exact) mass is 452 g/mol. The first kappa shape index (κ1) is 23.0. The Bertz CT molecular complexity index is 1210. The predicted molar refractivity (Wildman–Crippen MR) is 126 cm³/mol. The molecule has 4 rings (SSSR count). The third kappa shape index (κ3) is 4.65. The van der Waals surface area contributed by atoms with Crippen molar-refractivity contribution in [3.8, 4) is 17.1 Å². The van der Waals surface area contributed by atoms with Gasteiger partial charge in [-0.2, -0.15) is 5.10 Å². The first-order valence-corrected chi connectivity index (χ1v) is 11.8. The summed E-state index contributed by atoms with van der Waals surface area (Å²) in [7, 11) is 1.77. The summed E-state index contributed by atoms with van der Waals surface area (Å²) in [6.45, 7) is 6.78. The molecule has 1 fully saturated rings. The highest BCUT2D eigenvalue weighted by molar-refractivity contribution is 5.80. The molecule has 3 aromatic rings. The van der Waals surface area contributed by atoms with Crippen LogP contribution in [0.3, 0.4) is 0 Å². The summed E-state index contributed by atoms with van der Waals surface area (Å²) >= 11 is 0. The lowest BCUT2D eigenvalue weighted by molar-refractivity contribution is -0.152. The van der Waals surface area contributed by atoms with Crippen LogP contribution in [0.1, 0.15) is 51.3 Å². The normalized spacial score (nSPS) is 17.7. The molecule has 176 valence electrons. The average Bonchev–Trinajstić information content (AvgIpc) is 3.07. The van der Waals surface area contributed by atoms with Crippen LogP contribution in [0.4, 0.5) is 0 Å². The van der Waals surface area contributed by atoms with Crippen LogP contribution in [0.5, 0.6) is 5.75 Å². The van der Waals surface area contributed by atoms with Crippen LogP contribution >= 0.6 is 0 Å². The smallest absolute Gasteiger partial charge is 0.308 e. The Hall–Kier alpha value is -3.16. The summed E-state index contributed by atoms with van der Waals surface area (Å²) in [5.41, 5.74) is 3.63. The number of aryl methyl sites for hydroxylation is 2. The van der Waals surface area contributed by atoms with E-state index in [9.17, 15) is 9.59 Å². The third-order valence-electron chi connectivity index (χ3n) is 6.23. The largest absolute Gasteiger partial charge is 0.493 e. The zero-order valence-electron chi connectivity index (χ0n) is 19.8. The van der Waals surface area contributed by atoms with E-state index >= 15 is 0 Å². The molecule has 0 saturated heterocycles. The maximum absolute atomic E-state index is 12.9. The lowest BCUT2D eigenvalue weighted by Gasteiger charge is -2.33. The van der Waals surface area contributed by atoms with E-state index in [1.165, 1.54) is 0 Å². The first-order chi connectivity index (χ1) is 15.9. The zero-order chi connectivity index (χ0) is 23.5. The summed E-state index contributed by atoms with van der Waals surface area (Å²) in [6.07, 6.45) is 4.23. The molecule has 2 aromatic heterocycles. The van der Waals surface area contributed by atoms with Gasteiger partial charge in [0.25, 0.3) is 5.56 Å². The molecule has 0 bridgehead atoms. The third-order valence-corrected chi connectivity index (χ3v) is 6.23. The van der Waals surface area contributed by atoms with Crippen LogP contribution in [-0.4, -0.2) is 38.9 Å². The molecule has 1 N–H and O–H groups in total. The maximum Gasteiger partial charge on any atom is 0.308 e. The van der Waals surface area contributed by atoms with E-state index in [1.54, 1.807) is 11.7 Å². The van der Waals surface area contributed by atoms with Crippen LogP contribution in [0.25, 0.3) is 22.4 Å². The topological polar surface area (TPSA) is 99.1 Å². The van der Waals surface area contributed by atoms with Gasteiger partial charge < -0.3 is 14.5 Å². The van der Waals surface area contributed by atoms with Crippen molar-refractivity contribution in [3.63, 3.8) is 0 Å². The SMILES string of the molecule is CCCc1nn(C)c2c(=O)[nH]c(-c3cc(CC4CC(C(=O)OCC)C4)ccc3OCC)nc12. The molecule has 0 radical (unpaired) electrons. The Morgan fingerprint density at radius 1 is 1.21 bits per heavy atom. The number of hydrogen-bond acceptors (Lipinski definition) is 6. The number of aromatic amines is 1. The minimum Gasteiger partial charge on any atom is -0.493 e. The molecule has 0 amide bonds. The second-order valence-electron chi connectivity index (χ2n) is 8.69. The van der Waals surface area contributed by atoms with Crippen molar-refractivity contribution in [1.29, 1.82) is 0 Å². The summed E-state index contributed by atoms with van der Waals surface area (Å²) in [6, 6.07) is 6.04. The van der Waals surface area contributed by atoms with Crippen molar-refractivity contribution in [2.75, 3.05) is 13.2 Å². The number of nitrogens with zero attached hydrogens (tertiary/aromatic N) is 3. The second kappa shape index (κ2) is 9.77. The van der Waals surface area contributed by atoms with E-state index < -0.39 is 0 Å². The number of esters is 1. The number of benzene rings is 1. The van der Waals surface area contributed by atoms with E-state index in [4.69, 9.17) is 14.5 Å². The summed E-state index contributed by atoms with van der Waals surface area (Å²) in [5.74, 6) is 1.54. The number of nitrogens with one attached hydrogen (secondary N) is 1. The molecule has 1 aromatic carbocycles. The van der Waals surface area contributed by atoms with E-state index in [2.05, 4.69) is 23.1 Å². The summed E-state index contributed by atoms with van der Waals surface area (Å²) in [5, 5.41) is 4.51. The molecule has 1 saturated carbocycles. The highest BCUT2D eigenvalue weighted by Gasteiger charge is 2.35. The number of ether oxygens (including phenoxy) is 2. The summed E-state index contributed by atoms with van der Waals surface area (Å²) < 4.78 is 12.6. The number of fused-ring (bicyclic) bond motifs is 1. The van der Waals surface area contributed by atoms with Crippen LogP contribution in [0.15, 0.2) is 23.0 Å². The standard InChI is InChI=1S/C25H32N4O4/c1-5-8-19-21-22(29(4)28-19)24(30)27-23(26-21)18-14-15(9-10-20(18)32-6-2)11-16-12-17(13-16)25(31)33-7-3/h9-10,14,16-17H,5-8,11-13H2,1-4H3,(H,26,27,30). The fraction of sp³-hybridized carbons (Fsp3) is 0.520. The second-order valence-corrected chi connectivity index (χ2v) is 8.69. The Kier molecular flexibility index (Phi) is 6.81. The molecule has 8 nitrogen and oxygen atoms in total. The van der Waals surface area contributed by atoms with Crippen molar-refractivity contribution in [3.05, 3.63) is 39.8 Å². The minimum absolute atomic E-state index is 0.0140. The molecule has 1 aliphatic rings. The predicted octanol–water partition coefficient (Wildman–Crippen LogP) is 3.81. The lowest BCUT2D eigenvalue weighted by Crippen LogP contribution is -2.33. The number of rotatable bonds is 9. The summed E-state index contributed by atoms with van der Waals surface area (Å²) in [4.78, 5) is 32.6. The molecular weight excluding hydrogens is 420 g/mol. The van der Waals surface area contributed by atoms with Crippen molar-refractivity contribution in [2.24, 2.45) is 18.9 Å². The zero-order valence-corrected chi connectivity index (χ0v) is 19.8. The van der Waals surface area contributed by atoms with Gasteiger partial charge in [0, 0.05) is 7.05 Å². The van der Waals surface area contributed by atoms with Crippen molar-refractivity contribution in [2.45, 2.75) is 52.9 Å². The fourth-order valence-electron chi connectivity index (χ4n) is 4.64. The Labute approximate surface area is 193 Å². The van der Waals surface area contributed by atoms with Gasteiger partial charge in [-0.1, -0.05) is 19.4 Å². The molecule has 0 aliphatic heterocycles. The van der Waals surface area contributed by atoms with Gasteiger partial charge >= 0.3 is 5.97 Å². The molecule has 0 spiro atoms. The van der Waals surface area contributed by atoms with E-state index in [0.29, 0.717) is 41.7 Å². The Morgan fingerprint density at radius 3 is 2.70 bits per heavy atom. The van der Waals surface area contributed by atoms with Gasteiger partial charge in [-0.05, 0) is 63.1 Å². The molecule has 0 unspecified atom stereocenters. The van der Waals surface area contributed by atoms with Crippen LogP contribution in [-0.2, 0) is 29.4 Å². The maximum atomic E-state index is 12.9. The van der Waals surface area contributed by atoms with Gasteiger partial charge in [0.1, 0.15) is 17.1 Å². The van der Waals surface area contributed by atoms with Crippen LogP contribution in [0, 0.1) is 11.8 Å². The molecule has 1 aliphatic carbocycles. The molecule has 8 heteroatoms. The number of carbonyl (C=O) groups excluding carboxylic acids is 1. The van der Waals surface area contributed by atoms with Gasteiger partial charge in [-0.3, -0.25) is 14.3 Å². The van der Waals surface area contributed by atoms with Gasteiger partial charge in [-0.25, -0.2) is 4.98 Å². The van der Waals surface area contributed by atoms with E-state index in [1.807, 2.05) is 26.0 Å². The van der Waals surface area contributed by atoms with Gasteiger partial charge in [0.05, 0.1) is 30.4 Å².